The fourth-order valence-corrected chi connectivity index (χ4v) is 2.95. The van der Waals surface area contributed by atoms with Crippen LogP contribution in [0.4, 0.5) is 5.69 Å². The van der Waals surface area contributed by atoms with Gasteiger partial charge in [-0.15, -0.1) is 0 Å². The quantitative estimate of drug-likeness (QED) is 0.881. The topological polar surface area (TPSA) is 61.4 Å². The molecule has 3 rings (SSSR count). The van der Waals surface area contributed by atoms with E-state index in [-0.39, 0.29) is 17.9 Å². The van der Waals surface area contributed by atoms with Crippen LogP contribution in [0.25, 0.3) is 0 Å². The summed E-state index contributed by atoms with van der Waals surface area (Å²) in [6.07, 6.45) is 3.49. The minimum absolute atomic E-state index is 0.0267. The minimum Gasteiger partial charge on any atom is -0.349 e. The molecule has 0 unspecified atom stereocenters. The second-order valence-corrected chi connectivity index (χ2v) is 5.69. The number of hydrogen-bond donors (Lipinski definition) is 2. The number of piperidine rings is 1. The summed E-state index contributed by atoms with van der Waals surface area (Å²) in [7, 11) is 0. The standard InChI is InChI=1S/C16H21N3O2/c20-15-2-1-11-19(15)14-5-3-12(4-6-14)16(21)18-13-7-9-17-10-8-13/h3-6,13,17H,1-2,7-11H2,(H,18,21). The van der Waals surface area contributed by atoms with Crippen molar-refractivity contribution in [1.82, 2.24) is 10.6 Å². The maximum absolute atomic E-state index is 12.2. The van der Waals surface area contributed by atoms with Gasteiger partial charge in [0.15, 0.2) is 0 Å². The highest BCUT2D eigenvalue weighted by atomic mass is 16.2. The zero-order valence-corrected chi connectivity index (χ0v) is 12.1. The molecule has 0 saturated carbocycles. The molecule has 0 atom stereocenters. The molecular formula is C16H21N3O2. The first kappa shape index (κ1) is 14.1. The molecule has 1 aromatic carbocycles. The van der Waals surface area contributed by atoms with Gasteiger partial charge < -0.3 is 15.5 Å². The average Bonchev–Trinajstić information content (AvgIpc) is 2.94. The van der Waals surface area contributed by atoms with Crippen molar-refractivity contribution in [2.75, 3.05) is 24.5 Å². The van der Waals surface area contributed by atoms with Crippen LogP contribution in [0.3, 0.4) is 0 Å². The van der Waals surface area contributed by atoms with E-state index in [9.17, 15) is 9.59 Å². The molecule has 2 N–H and O–H groups in total. The van der Waals surface area contributed by atoms with Crippen molar-refractivity contribution in [3.8, 4) is 0 Å². The highest BCUT2D eigenvalue weighted by Crippen LogP contribution is 2.21. The van der Waals surface area contributed by atoms with Gasteiger partial charge >= 0.3 is 0 Å². The highest BCUT2D eigenvalue weighted by Gasteiger charge is 2.22. The Kier molecular flexibility index (Phi) is 4.20. The first-order valence-electron chi connectivity index (χ1n) is 7.66. The number of hydrogen-bond acceptors (Lipinski definition) is 3. The molecule has 2 aliphatic heterocycles. The molecule has 2 amide bonds. The van der Waals surface area contributed by atoms with Crippen LogP contribution < -0.4 is 15.5 Å². The second-order valence-electron chi connectivity index (χ2n) is 5.69. The van der Waals surface area contributed by atoms with Crippen LogP contribution in [-0.4, -0.2) is 37.5 Å². The Hall–Kier alpha value is -1.88. The van der Waals surface area contributed by atoms with Gasteiger partial charge in [-0.05, 0) is 56.6 Å². The van der Waals surface area contributed by atoms with Crippen LogP contribution in [0.1, 0.15) is 36.0 Å². The zero-order chi connectivity index (χ0) is 14.7. The molecule has 2 saturated heterocycles. The summed E-state index contributed by atoms with van der Waals surface area (Å²) in [5, 5.41) is 6.36. The van der Waals surface area contributed by atoms with Crippen molar-refractivity contribution >= 4 is 17.5 Å². The monoisotopic (exact) mass is 287 g/mol. The lowest BCUT2D eigenvalue weighted by Crippen LogP contribution is -2.42. The maximum atomic E-state index is 12.2. The smallest absolute Gasteiger partial charge is 0.251 e. The van der Waals surface area contributed by atoms with Gasteiger partial charge in [-0.1, -0.05) is 0 Å². The fourth-order valence-electron chi connectivity index (χ4n) is 2.95. The molecule has 112 valence electrons. The number of benzene rings is 1. The summed E-state index contributed by atoms with van der Waals surface area (Å²) >= 11 is 0. The van der Waals surface area contributed by atoms with E-state index >= 15 is 0 Å². The Morgan fingerprint density at radius 3 is 2.52 bits per heavy atom. The lowest BCUT2D eigenvalue weighted by atomic mass is 10.1. The van der Waals surface area contributed by atoms with Crippen molar-refractivity contribution in [3.63, 3.8) is 0 Å². The van der Waals surface area contributed by atoms with E-state index in [4.69, 9.17) is 0 Å². The fraction of sp³-hybridized carbons (Fsp3) is 0.500. The number of rotatable bonds is 3. The number of nitrogens with one attached hydrogen (secondary N) is 2. The van der Waals surface area contributed by atoms with Gasteiger partial charge in [0, 0.05) is 30.3 Å². The van der Waals surface area contributed by atoms with E-state index < -0.39 is 0 Å². The van der Waals surface area contributed by atoms with E-state index in [1.54, 1.807) is 17.0 Å². The molecule has 2 fully saturated rings. The predicted molar refractivity (Wildman–Crippen MR) is 81.4 cm³/mol. The molecule has 0 bridgehead atoms. The lowest BCUT2D eigenvalue weighted by Gasteiger charge is -2.23. The molecule has 5 heteroatoms. The van der Waals surface area contributed by atoms with Crippen LogP contribution in [-0.2, 0) is 4.79 Å². The van der Waals surface area contributed by atoms with Gasteiger partial charge in [0.25, 0.3) is 5.91 Å². The van der Waals surface area contributed by atoms with Crippen molar-refractivity contribution in [2.45, 2.75) is 31.7 Å². The van der Waals surface area contributed by atoms with Crippen molar-refractivity contribution in [3.05, 3.63) is 29.8 Å². The van der Waals surface area contributed by atoms with E-state index in [1.807, 2.05) is 12.1 Å². The van der Waals surface area contributed by atoms with Crippen LogP contribution in [0.2, 0.25) is 0 Å². The van der Waals surface area contributed by atoms with Gasteiger partial charge in [0.05, 0.1) is 0 Å². The molecule has 0 aromatic heterocycles. The maximum Gasteiger partial charge on any atom is 0.251 e. The Balaban J connectivity index is 1.63. The highest BCUT2D eigenvalue weighted by molar-refractivity contribution is 5.97. The third kappa shape index (κ3) is 3.24. The molecule has 0 spiro atoms. The summed E-state index contributed by atoms with van der Waals surface area (Å²) in [5.41, 5.74) is 1.54. The SMILES string of the molecule is O=C(NC1CCNCC1)c1ccc(N2CCCC2=O)cc1. The van der Waals surface area contributed by atoms with Crippen molar-refractivity contribution < 1.29 is 9.59 Å². The van der Waals surface area contributed by atoms with E-state index in [0.717, 1.165) is 44.6 Å². The van der Waals surface area contributed by atoms with Crippen LogP contribution in [0.5, 0.6) is 0 Å². The van der Waals surface area contributed by atoms with Gasteiger partial charge in [-0.2, -0.15) is 0 Å². The summed E-state index contributed by atoms with van der Waals surface area (Å²) in [4.78, 5) is 25.7. The van der Waals surface area contributed by atoms with Gasteiger partial charge in [0.2, 0.25) is 5.91 Å². The number of amides is 2. The Labute approximate surface area is 124 Å². The minimum atomic E-state index is -0.0267. The van der Waals surface area contributed by atoms with E-state index in [1.165, 1.54) is 0 Å². The first-order chi connectivity index (χ1) is 10.2. The molecule has 21 heavy (non-hydrogen) atoms. The molecule has 0 radical (unpaired) electrons. The average molecular weight is 287 g/mol. The number of nitrogens with zero attached hydrogens (tertiary/aromatic N) is 1. The molecule has 2 heterocycles. The Bertz CT molecular complexity index is 521. The summed E-state index contributed by atoms with van der Waals surface area (Å²) < 4.78 is 0. The zero-order valence-electron chi connectivity index (χ0n) is 12.1. The van der Waals surface area contributed by atoms with Crippen molar-refractivity contribution in [1.29, 1.82) is 0 Å². The van der Waals surface area contributed by atoms with E-state index in [0.29, 0.717) is 12.0 Å². The second kappa shape index (κ2) is 6.26. The first-order valence-corrected chi connectivity index (χ1v) is 7.66. The third-order valence-corrected chi connectivity index (χ3v) is 4.19. The number of carbonyl (C=O) groups is 2. The Morgan fingerprint density at radius 2 is 1.90 bits per heavy atom. The van der Waals surface area contributed by atoms with Gasteiger partial charge in [0.1, 0.15) is 0 Å². The summed E-state index contributed by atoms with van der Waals surface area (Å²) in [6, 6.07) is 7.59. The largest absolute Gasteiger partial charge is 0.349 e. The van der Waals surface area contributed by atoms with E-state index in [2.05, 4.69) is 10.6 Å². The Morgan fingerprint density at radius 1 is 1.19 bits per heavy atom. The lowest BCUT2D eigenvalue weighted by molar-refractivity contribution is -0.117. The molecule has 0 aliphatic carbocycles. The third-order valence-electron chi connectivity index (χ3n) is 4.19. The van der Waals surface area contributed by atoms with Gasteiger partial charge in [-0.3, -0.25) is 9.59 Å². The number of anilines is 1. The van der Waals surface area contributed by atoms with Crippen LogP contribution in [0, 0.1) is 0 Å². The van der Waals surface area contributed by atoms with Gasteiger partial charge in [-0.25, -0.2) is 0 Å². The summed E-state index contributed by atoms with van der Waals surface area (Å²) in [5.74, 6) is 0.142. The molecule has 1 aromatic rings. The predicted octanol–water partition coefficient (Wildman–Crippen LogP) is 1.30. The number of carbonyl (C=O) groups excluding carboxylic acids is 2. The van der Waals surface area contributed by atoms with Crippen molar-refractivity contribution in [2.24, 2.45) is 0 Å². The normalized spacial score (nSPS) is 19.8. The molecule has 5 nitrogen and oxygen atoms in total. The molecule has 2 aliphatic rings. The molecular weight excluding hydrogens is 266 g/mol. The van der Waals surface area contributed by atoms with Crippen LogP contribution in [0.15, 0.2) is 24.3 Å². The van der Waals surface area contributed by atoms with Crippen LogP contribution >= 0.6 is 0 Å². The summed E-state index contributed by atoms with van der Waals surface area (Å²) in [6.45, 7) is 2.70.